The van der Waals surface area contributed by atoms with Gasteiger partial charge in [0.2, 0.25) is 5.91 Å². The van der Waals surface area contributed by atoms with Crippen LogP contribution in [0.4, 0.5) is 0 Å². The maximum atomic E-state index is 13.4. The normalized spacial score (nSPS) is 22.9. The van der Waals surface area contributed by atoms with E-state index in [2.05, 4.69) is 71.0 Å². The van der Waals surface area contributed by atoms with E-state index in [1.54, 1.807) is 0 Å². The number of H-pyrrole nitrogens is 1. The molecule has 4 nitrogen and oxygen atoms in total. The maximum absolute atomic E-state index is 13.4. The molecule has 2 aliphatic heterocycles. The van der Waals surface area contributed by atoms with E-state index in [1.807, 2.05) is 29.2 Å². The van der Waals surface area contributed by atoms with Crippen molar-refractivity contribution in [2.24, 2.45) is 0 Å². The average Bonchev–Trinajstić information content (AvgIpc) is 3.33. The lowest BCUT2D eigenvalue weighted by Crippen LogP contribution is -2.45. The number of fused-ring (bicyclic) bond motifs is 5. The summed E-state index contributed by atoms with van der Waals surface area (Å²) in [6.45, 7) is 1.39. The van der Waals surface area contributed by atoms with Crippen molar-refractivity contribution < 1.29 is 4.79 Å². The topological polar surface area (TPSA) is 48.1 Å². The number of amides is 1. The Morgan fingerprint density at radius 3 is 2.37 bits per heavy atom. The summed E-state index contributed by atoms with van der Waals surface area (Å²) in [6, 6.07) is 28.9. The van der Waals surface area contributed by atoms with Gasteiger partial charge in [0.05, 0.1) is 12.1 Å². The van der Waals surface area contributed by atoms with Crippen LogP contribution in [0.15, 0.2) is 84.9 Å². The molecule has 0 saturated carbocycles. The number of hydrogen-bond acceptors (Lipinski definition) is 2. The van der Waals surface area contributed by atoms with Crippen molar-refractivity contribution >= 4 is 16.8 Å². The zero-order chi connectivity index (χ0) is 20.1. The lowest BCUT2D eigenvalue weighted by molar-refractivity contribution is -0.130. The summed E-state index contributed by atoms with van der Waals surface area (Å²) in [6.07, 6.45) is 0. The van der Waals surface area contributed by atoms with Crippen LogP contribution < -0.4 is 5.32 Å². The molecule has 0 unspecified atom stereocenters. The summed E-state index contributed by atoms with van der Waals surface area (Å²) in [4.78, 5) is 19.1. The molecule has 0 aliphatic carbocycles. The number of nitrogens with one attached hydrogen (secondary N) is 2. The lowest BCUT2D eigenvalue weighted by atomic mass is 9.83. The summed E-state index contributed by atoms with van der Waals surface area (Å²) in [5.41, 5.74) is 5.98. The van der Waals surface area contributed by atoms with Crippen molar-refractivity contribution in [1.82, 2.24) is 15.2 Å². The van der Waals surface area contributed by atoms with Crippen molar-refractivity contribution in [3.63, 3.8) is 0 Å². The van der Waals surface area contributed by atoms with Crippen molar-refractivity contribution in [1.29, 1.82) is 0 Å². The van der Waals surface area contributed by atoms with Crippen LogP contribution in [0.2, 0.25) is 0 Å². The zero-order valence-corrected chi connectivity index (χ0v) is 16.6. The van der Waals surface area contributed by atoms with Gasteiger partial charge in [-0.1, -0.05) is 78.9 Å². The number of rotatable bonds is 3. The van der Waals surface area contributed by atoms with Crippen LogP contribution in [0.3, 0.4) is 0 Å². The highest BCUT2D eigenvalue weighted by Gasteiger charge is 2.48. The van der Waals surface area contributed by atoms with Crippen LogP contribution in [-0.4, -0.2) is 28.4 Å². The van der Waals surface area contributed by atoms with Gasteiger partial charge in [-0.15, -0.1) is 0 Å². The van der Waals surface area contributed by atoms with Crippen molar-refractivity contribution in [2.45, 2.75) is 24.5 Å². The second-order valence-corrected chi connectivity index (χ2v) is 8.30. The molecule has 1 amide bonds. The van der Waals surface area contributed by atoms with Gasteiger partial charge in [-0.25, -0.2) is 0 Å². The second kappa shape index (κ2) is 6.85. The molecule has 4 aromatic rings. The Bertz CT molecular complexity index is 1220. The number of carbonyl (C=O) groups is 1. The highest BCUT2D eigenvalue weighted by molar-refractivity contribution is 5.92. The monoisotopic (exact) mass is 393 g/mol. The fraction of sp³-hybridized carbons (Fsp3) is 0.192. The van der Waals surface area contributed by atoms with Gasteiger partial charge in [0, 0.05) is 35.6 Å². The Labute approximate surface area is 175 Å². The van der Waals surface area contributed by atoms with E-state index < -0.39 is 0 Å². The van der Waals surface area contributed by atoms with Crippen LogP contribution in [0, 0.1) is 0 Å². The number of para-hydroxylation sites is 1. The molecular weight excluding hydrogens is 370 g/mol. The third-order valence-corrected chi connectivity index (χ3v) is 6.53. The van der Waals surface area contributed by atoms with E-state index in [0.717, 1.165) is 12.1 Å². The standard InChI is InChI=1S/C26H23N3O/c30-26-24-20(16-29(26)15-17-9-3-1-4-10-17)22-19-13-7-8-14-21(19)27-25(22)23(28-24)18-11-5-2-6-12-18/h1-14,20,23-24,27-28H,15-16H2/t20-,23+,24+/m0/s1. The lowest BCUT2D eigenvalue weighted by Gasteiger charge is -2.32. The molecule has 3 heterocycles. The number of aromatic nitrogens is 1. The molecule has 0 radical (unpaired) electrons. The fourth-order valence-electron chi connectivity index (χ4n) is 5.18. The maximum Gasteiger partial charge on any atom is 0.240 e. The number of hydrogen-bond donors (Lipinski definition) is 2. The van der Waals surface area contributed by atoms with Crippen molar-refractivity contribution in [3.05, 3.63) is 107 Å². The summed E-state index contributed by atoms with van der Waals surface area (Å²) in [5.74, 6) is 0.341. The Morgan fingerprint density at radius 2 is 1.57 bits per heavy atom. The van der Waals surface area contributed by atoms with E-state index in [4.69, 9.17) is 0 Å². The molecule has 2 N–H and O–H groups in total. The summed E-state index contributed by atoms with van der Waals surface area (Å²) < 4.78 is 0. The minimum Gasteiger partial charge on any atom is -0.357 e. The van der Waals surface area contributed by atoms with Crippen LogP contribution in [-0.2, 0) is 11.3 Å². The van der Waals surface area contributed by atoms with Crippen LogP contribution in [0.1, 0.15) is 34.3 Å². The van der Waals surface area contributed by atoms with Crippen LogP contribution in [0.25, 0.3) is 10.9 Å². The van der Waals surface area contributed by atoms with E-state index in [1.165, 1.54) is 27.8 Å². The van der Waals surface area contributed by atoms with Gasteiger partial charge in [0.25, 0.3) is 0 Å². The quantitative estimate of drug-likeness (QED) is 0.543. The van der Waals surface area contributed by atoms with Crippen molar-refractivity contribution in [2.75, 3.05) is 6.54 Å². The molecule has 0 bridgehead atoms. The van der Waals surface area contributed by atoms with E-state index >= 15 is 0 Å². The number of benzene rings is 3. The second-order valence-electron chi connectivity index (χ2n) is 8.30. The molecule has 2 aliphatic rings. The molecule has 30 heavy (non-hydrogen) atoms. The van der Waals surface area contributed by atoms with Crippen molar-refractivity contribution in [3.8, 4) is 0 Å². The highest BCUT2D eigenvalue weighted by atomic mass is 16.2. The molecule has 4 heteroatoms. The molecule has 1 aromatic heterocycles. The zero-order valence-electron chi connectivity index (χ0n) is 16.6. The van der Waals surface area contributed by atoms with E-state index in [9.17, 15) is 4.79 Å². The van der Waals surface area contributed by atoms with Gasteiger partial charge in [-0.3, -0.25) is 10.1 Å². The first-order chi connectivity index (χ1) is 14.8. The van der Waals surface area contributed by atoms with E-state index in [-0.39, 0.29) is 23.9 Å². The average molecular weight is 393 g/mol. The largest absolute Gasteiger partial charge is 0.357 e. The number of carbonyl (C=O) groups excluding carboxylic acids is 1. The molecule has 3 atom stereocenters. The summed E-state index contributed by atoms with van der Waals surface area (Å²) in [7, 11) is 0. The van der Waals surface area contributed by atoms with Crippen LogP contribution in [0.5, 0.6) is 0 Å². The minimum absolute atomic E-state index is 0.0181. The first-order valence-corrected chi connectivity index (χ1v) is 10.5. The predicted molar refractivity (Wildman–Crippen MR) is 118 cm³/mol. The number of aromatic amines is 1. The fourth-order valence-corrected chi connectivity index (χ4v) is 5.18. The summed E-state index contributed by atoms with van der Waals surface area (Å²) >= 11 is 0. The van der Waals surface area contributed by atoms with Gasteiger partial charge in [-0.05, 0) is 22.8 Å². The highest BCUT2D eigenvalue weighted by Crippen LogP contribution is 2.44. The first-order valence-electron chi connectivity index (χ1n) is 10.5. The first kappa shape index (κ1) is 17.5. The third-order valence-electron chi connectivity index (χ3n) is 6.53. The molecular formula is C26H23N3O. The molecule has 6 rings (SSSR count). The van der Waals surface area contributed by atoms with Crippen LogP contribution >= 0.6 is 0 Å². The van der Waals surface area contributed by atoms with Gasteiger partial charge in [0.15, 0.2) is 0 Å². The van der Waals surface area contributed by atoms with Gasteiger partial charge < -0.3 is 9.88 Å². The number of nitrogens with zero attached hydrogens (tertiary/aromatic N) is 1. The van der Waals surface area contributed by atoms with Gasteiger partial charge in [-0.2, -0.15) is 0 Å². The Balaban J connectivity index is 1.45. The Kier molecular flexibility index (Phi) is 3.99. The molecule has 1 fully saturated rings. The SMILES string of the molecule is O=C1[C@@H]2N[C@H](c3ccccc3)c3[nH]c4ccccc4c3[C@@H]2CN1Cc1ccccc1. The Morgan fingerprint density at radius 1 is 0.867 bits per heavy atom. The van der Waals surface area contributed by atoms with Gasteiger partial charge in [0.1, 0.15) is 0 Å². The van der Waals surface area contributed by atoms with E-state index in [0.29, 0.717) is 6.54 Å². The third kappa shape index (κ3) is 2.68. The molecule has 3 aromatic carbocycles. The molecule has 148 valence electrons. The number of likely N-dealkylation sites (tertiary alicyclic amines) is 1. The molecule has 0 spiro atoms. The minimum atomic E-state index is -0.203. The van der Waals surface area contributed by atoms with Gasteiger partial charge >= 0.3 is 0 Å². The predicted octanol–water partition coefficient (Wildman–Crippen LogP) is 4.36. The molecule has 1 saturated heterocycles. The Hall–Kier alpha value is -3.37. The summed E-state index contributed by atoms with van der Waals surface area (Å²) in [5, 5.41) is 4.93. The smallest absolute Gasteiger partial charge is 0.240 e.